The Labute approximate surface area is 119 Å². The second kappa shape index (κ2) is 6.46. The number of hydrogen-bond acceptors (Lipinski definition) is 7. The Bertz CT molecular complexity index is 637. The van der Waals surface area contributed by atoms with Crippen LogP contribution in [0.4, 0.5) is 5.69 Å². The van der Waals surface area contributed by atoms with Crippen molar-refractivity contribution in [1.29, 1.82) is 0 Å². The van der Waals surface area contributed by atoms with Crippen LogP contribution in [0.2, 0.25) is 0 Å². The Hall–Kier alpha value is -2.97. The van der Waals surface area contributed by atoms with Crippen LogP contribution in [0.25, 0.3) is 0 Å². The van der Waals surface area contributed by atoms with E-state index in [2.05, 4.69) is 15.5 Å². The summed E-state index contributed by atoms with van der Waals surface area (Å²) in [5, 5.41) is 16.7. The lowest BCUT2D eigenvalue weighted by Crippen LogP contribution is -2.28. The van der Waals surface area contributed by atoms with Crippen molar-refractivity contribution in [2.45, 2.75) is 13.5 Å². The lowest BCUT2D eigenvalue weighted by molar-refractivity contribution is -0.384. The van der Waals surface area contributed by atoms with Crippen LogP contribution in [-0.4, -0.2) is 27.6 Å². The lowest BCUT2D eigenvalue weighted by Gasteiger charge is -2.05. The Morgan fingerprint density at radius 3 is 2.71 bits per heavy atom. The molecule has 0 atom stereocenters. The summed E-state index contributed by atoms with van der Waals surface area (Å²) in [7, 11) is 0. The molecular weight excluding hydrogens is 280 g/mol. The molecule has 0 saturated heterocycles. The van der Waals surface area contributed by atoms with Gasteiger partial charge in [0.15, 0.2) is 12.4 Å². The number of nitro benzene ring substituents is 1. The molecule has 1 heterocycles. The monoisotopic (exact) mass is 292 g/mol. The number of carbonyl (C=O) groups excluding carboxylic acids is 1. The zero-order valence-corrected chi connectivity index (χ0v) is 11.1. The SMILES string of the molecule is Cc1nc(CNC(=O)COc2ccc([N+](=O)[O-])cc2)no1. The number of ether oxygens (including phenoxy) is 1. The summed E-state index contributed by atoms with van der Waals surface area (Å²) in [6, 6.07) is 5.45. The third kappa shape index (κ3) is 4.27. The van der Waals surface area contributed by atoms with Crippen molar-refractivity contribution in [2.24, 2.45) is 0 Å². The molecule has 1 aromatic heterocycles. The van der Waals surface area contributed by atoms with Crippen molar-refractivity contribution in [3.05, 3.63) is 46.1 Å². The first-order valence-corrected chi connectivity index (χ1v) is 5.98. The van der Waals surface area contributed by atoms with Crippen molar-refractivity contribution in [3.8, 4) is 5.75 Å². The molecule has 0 spiro atoms. The summed E-state index contributed by atoms with van der Waals surface area (Å²) in [6.45, 7) is 1.57. The minimum atomic E-state index is -0.511. The van der Waals surface area contributed by atoms with Crippen LogP contribution in [0.3, 0.4) is 0 Å². The first-order valence-electron chi connectivity index (χ1n) is 5.98. The van der Waals surface area contributed by atoms with Gasteiger partial charge in [-0.2, -0.15) is 4.98 Å². The van der Waals surface area contributed by atoms with Gasteiger partial charge < -0.3 is 14.6 Å². The topological polar surface area (TPSA) is 120 Å². The average molecular weight is 292 g/mol. The van der Waals surface area contributed by atoms with Crippen molar-refractivity contribution in [2.75, 3.05) is 6.61 Å². The molecule has 2 rings (SSSR count). The van der Waals surface area contributed by atoms with Gasteiger partial charge in [-0.05, 0) is 12.1 Å². The van der Waals surface area contributed by atoms with E-state index >= 15 is 0 Å². The molecule has 9 heteroatoms. The zero-order valence-electron chi connectivity index (χ0n) is 11.1. The lowest BCUT2D eigenvalue weighted by atomic mass is 10.3. The molecule has 0 bridgehead atoms. The molecule has 1 N–H and O–H groups in total. The molecule has 2 aromatic rings. The molecule has 0 aliphatic rings. The highest BCUT2D eigenvalue weighted by Gasteiger charge is 2.08. The second-order valence-electron chi connectivity index (χ2n) is 4.05. The first kappa shape index (κ1) is 14.4. The van der Waals surface area contributed by atoms with Gasteiger partial charge in [-0.25, -0.2) is 0 Å². The van der Waals surface area contributed by atoms with Crippen LogP contribution in [0.15, 0.2) is 28.8 Å². The average Bonchev–Trinajstić information content (AvgIpc) is 2.89. The van der Waals surface area contributed by atoms with Crippen LogP contribution in [0, 0.1) is 17.0 Å². The van der Waals surface area contributed by atoms with Crippen LogP contribution in [0.5, 0.6) is 5.75 Å². The van der Waals surface area contributed by atoms with Crippen LogP contribution >= 0.6 is 0 Å². The van der Waals surface area contributed by atoms with Gasteiger partial charge in [0.1, 0.15) is 5.75 Å². The Balaban J connectivity index is 1.77. The van der Waals surface area contributed by atoms with Crippen molar-refractivity contribution in [3.63, 3.8) is 0 Å². The highest BCUT2D eigenvalue weighted by atomic mass is 16.6. The van der Waals surface area contributed by atoms with Crippen LogP contribution < -0.4 is 10.1 Å². The molecule has 1 aromatic carbocycles. The number of rotatable bonds is 6. The fourth-order valence-corrected chi connectivity index (χ4v) is 1.45. The molecule has 1 amide bonds. The van der Waals surface area contributed by atoms with E-state index in [0.29, 0.717) is 17.5 Å². The number of amides is 1. The zero-order chi connectivity index (χ0) is 15.2. The predicted molar refractivity (Wildman–Crippen MR) is 69.5 cm³/mol. The van der Waals surface area contributed by atoms with Crippen molar-refractivity contribution >= 4 is 11.6 Å². The highest BCUT2D eigenvalue weighted by molar-refractivity contribution is 5.77. The predicted octanol–water partition coefficient (Wildman–Crippen LogP) is 0.981. The Morgan fingerprint density at radius 2 is 2.14 bits per heavy atom. The van der Waals surface area contributed by atoms with Gasteiger partial charge in [0.05, 0.1) is 11.5 Å². The summed E-state index contributed by atoms with van der Waals surface area (Å²) in [5.41, 5.74) is -0.0423. The second-order valence-corrected chi connectivity index (χ2v) is 4.05. The molecule has 0 aliphatic carbocycles. The van der Waals surface area contributed by atoms with Crippen molar-refractivity contribution < 1.29 is 19.0 Å². The smallest absolute Gasteiger partial charge is 0.269 e. The van der Waals surface area contributed by atoms with E-state index in [1.165, 1.54) is 24.3 Å². The summed E-state index contributed by atoms with van der Waals surface area (Å²) >= 11 is 0. The van der Waals surface area contributed by atoms with E-state index < -0.39 is 4.92 Å². The van der Waals surface area contributed by atoms with Crippen LogP contribution in [-0.2, 0) is 11.3 Å². The van der Waals surface area contributed by atoms with Gasteiger partial charge in [0, 0.05) is 19.1 Å². The number of carbonyl (C=O) groups is 1. The maximum atomic E-state index is 11.5. The van der Waals surface area contributed by atoms with E-state index in [1.807, 2.05) is 0 Å². The van der Waals surface area contributed by atoms with E-state index in [4.69, 9.17) is 9.26 Å². The quantitative estimate of drug-likeness (QED) is 0.622. The van der Waals surface area contributed by atoms with Gasteiger partial charge in [0.2, 0.25) is 5.89 Å². The molecular formula is C12H12N4O5. The van der Waals surface area contributed by atoms with E-state index in [9.17, 15) is 14.9 Å². The molecule has 110 valence electrons. The maximum absolute atomic E-state index is 11.5. The first-order chi connectivity index (χ1) is 10.0. The summed E-state index contributed by atoms with van der Waals surface area (Å²) in [5.74, 6) is 0.791. The van der Waals surface area contributed by atoms with E-state index in [-0.39, 0.29) is 24.7 Å². The number of non-ortho nitro benzene ring substituents is 1. The standard InChI is InChI=1S/C12H12N4O5/c1-8-14-11(15-21-8)6-13-12(17)7-20-10-4-2-9(3-5-10)16(18)19/h2-5H,6-7H2,1H3,(H,13,17). The third-order valence-electron chi connectivity index (χ3n) is 2.43. The molecule has 0 radical (unpaired) electrons. The third-order valence-corrected chi connectivity index (χ3v) is 2.43. The van der Waals surface area contributed by atoms with Crippen LogP contribution in [0.1, 0.15) is 11.7 Å². The van der Waals surface area contributed by atoms with Gasteiger partial charge in [-0.1, -0.05) is 5.16 Å². The number of nitro groups is 1. The normalized spacial score (nSPS) is 10.1. The van der Waals surface area contributed by atoms with E-state index in [1.54, 1.807) is 6.92 Å². The highest BCUT2D eigenvalue weighted by Crippen LogP contribution is 2.16. The fraction of sp³-hybridized carbons (Fsp3) is 0.250. The number of nitrogens with one attached hydrogen (secondary N) is 1. The largest absolute Gasteiger partial charge is 0.484 e. The summed E-state index contributed by atoms with van der Waals surface area (Å²) in [6.07, 6.45) is 0. The van der Waals surface area contributed by atoms with Gasteiger partial charge >= 0.3 is 0 Å². The number of nitrogens with zero attached hydrogens (tertiary/aromatic N) is 3. The van der Waals surface area contributed by atoms with Gasteiger partial charge in [0.25, 0.3) is 11.6 Å². The van der Waals surface area contributed by atoms with Gasteiger partial charge in [-0.15, -0.1) is 0 Å². The molecule has 9 nitrogen and oxygen atoms in total. The summed E-state index contributed by atoms with van der Waals surface area (Å²) < 4.78 is 9.96. The minimum absolute atomic E-state index is 0.0423. The minimum Gasteiger partial charge on any atom is -0.484 e. The molecule has 0 unspecified atom stereocenters. The molecule has 21 heavy (non-hydrogen) atoms. The van der Waals surface area contributed by atoms with Crippen molar-refractivity contribution in [1.82, 2.24) is 15.5 Å². The number of aryl methyl sites for hydroxylation is 1. The molecule has 0 fully saturated rings. The molecule has 0 saturated carbocycles. The maximum Gasteiger partial charge on any atom is 0.269 e. The number of aromatic nitrogens is 2. The Kier molecular flexibility index (Phi) is 4.44. The van der Waals surface area contributed by atoms with E-state index in [0.717, 1.165) is 0 Å². The Morgan fingerprint density at radius 1 is 1.43 bits per heavy atom. The number of benzene rings is 1. The number of hydrogen-bond donors (Lipinski definition) is 1. The fourth-order valence-electron chi connectivity index (χ4n) is 1.45. The summed E-state index contributed by atoms with van der Waals surface area (Å²) in [4.78, 5) is 25.4. The van der Waals surface area contributed by atoms with Gasteiger partial charge in [-0.3, -0.25) is 14.9 Å². The molecule has 0 aliphatic heterocycles.